The topological polar surface area (TPSA) is 53.9 Å². The van der Waals surface area contributed by atoms with E-state index in [-0.39, 0.29) is 0 Å². The van der Waals surface area contributed by atoms with Crippen LogP contribution in [0, 0.1) is 6.92 Å². The average molecular weight is 283 g/mol. The molecule has 110 valence electrons. The van der Waals surface area contributed by atoms with Crippen molar-refractivity contribution in [3.8, 4) is 0 Å². The fourth-order valence-electron chi connectivity index (χ4n) is 2.60. The van der Waals surface area contributed by atoms with Crippen molar-refractivity contribution in [2.75, 3.05) is 18.0 Å². The minimum absolute atomic E-state index is 0.561. The monoisotopic (exact) mass is 283 g/mol. The predicted octanol–water partition coefficient (Wildman–Crippen LogP) is 1.94. The Bertz CT molecular complexity index is 547. The van der Waals surface area contributed by atoms with E-state index in [4.69, 9.17) is 0 Å². The maximum atomic E-state index is 4.33. The van der Waals surface area contributed by atoms with Crippen LogP contribution in [0.25, 0.3) is 0 Å². The van der Waals surface area contributed by atoms with Gasteiger partial charge in [0, 0.05) is 50.0 Å². The molecular weight excluding hydrogens is 262 g/mol. The molecule has 1 N–H and O–H groups in total. The highest BCUT2D eigenvalue weighted by molar-refractivity contribution is 5.29. The van der Waals surface area contributed by atoms with Gasteiger partial charge in [-0.1, -0.05) is 6.07 Å². The van der Waals surface area contributed by atoms with Gasteiger partial charge < -0.3 is 10.2 Å². The first-order valence-electron chi connectivity index (χ1n) is 7.48. The summed E-state index contributed by atoms with van der Waals surface area (Å²) in [6.45, 7) is 4.92. The van der Waals surface area contributed by atoms with Gasteiger partial charge in [-0.15, -0.1) is 0 Å². The van der Waals surface area contributed by atoms with Crippen LogP contribution in [0.3, 0.4) is 0 Å². The fourth-order valence-corrected chi connectivity index (χ4v) is 2.60. The minimum atomic E-state index is 0.561. The van der Waals surface area contributed by atoms with Gasteiger partial charge in [-0.25, -0.2) is 9.97 Å². The zero-order chi connectivity index (χ0) is 14.5. The second-order valence-electron chi connectivity index (χ2n) is 5.50. The van der Waals surface area contributed by atoms with Crippen molar-refractivity contribution in [3.05, 3.63) is 48.0 Å². The Kier molecular flexibility index (Phi) is 4.40. The van der Waals surface area contributed by atoms with E-state index in [9.17, 15) is 0 Å². The standard InChI is InChI=1S/C16H21N5/c1-13-3-4-14(11-19-13)12-20-15-5-9-21(10-6-15)16-17-7-2-8-18-16/h2-4,7-8,11,15,20H,5-6,9-10,12H2,1H3. The van der Waals surface area contributed by atoms with Gasteiger partial charge in [0.1, 0.15) is 0 Å². The van der Waals surface area contributed by atoms with E-state index in [0.717, 1.165) is 44.1 Å². The molecule has 0 aliphatic carbocycles. The number of anilines is 1. The van der Waals surface area contributed by atoms with E-state index in [2.05, 4.69) is 37.3 Å². The molecule has 2 aromatic rings. The number of hydrogen-bond donors (Lipinski definition) is 1. The third kappa shape index (κ3) is 3.76. The number of rotatable bonds is 4. The van der Waals surface area contributed by atoms with Crippen LogP contribution in [0.15, 0.2) is 36.8 Å². The molecule has 0 aromatic carbocycles. The van der Waals surface area contributed by atoms with Gasteiger partial charge in [0.05, 0.1) is 0 Å². The number of nitrogens with zero attached hydrogens (tertiary/aromatic N) is 4. The molecule has 5 nitrogen and oxygen atoms in total. The van der Waals surface area contributed by atoms with Crippen LogP contribution in [-0.4, -0.2) is 34.1 Å². The van der Waals surface area contributed by atoms with Gasteiger partial charge in [0.15, 0.2) is 0 Å². The number of nitrogens with one attached hydrogen (secondary N) is 1. The van der Waals surface area contributed by atoms with Crippen molar-refractivity contribution in [1.82, 2.24) is 20.3 Å². The molecule has 3 rings (SSSR count). The zero-order valence-corrected chi connectivity index (χ0v) is 12.4. The van der Waals surface area contributed by atoms with E-state index < -0.39 is 0 Å². The quantitative estimate of drug-likeness (QED) is 0.929. The normalized spacial score (nSPS) is 16.1. The molecule has 5 heteroatoms. The third-order valence-corrected chi connectivity index (χ3v) is 3.90. The lowest BCUT2D eigenvalue weighted by atomic mass is 10.1. The van der Waals surface area contributed by atoms with Gasteiger partial charge in [-0.2, -0.15) is 0 Å². The molecule has 1 saturated heterocycles. The summed E-state index contributed by atoms with van der Waals surface area (Å²) >= 11 is 0. The Labute approximate surface area is 125 Å². The van der Waals surface area contributed by atoms with Crippen LogP contribution in [-0.2, 0) is 6.54 Å². The Hall–Kier alpha value is -2.01. The second-order valence-corrected chi connectivity index (χ2v) is 5.50. The molecular formula is C16H21N5. The van der Waals surface area contributed by atoms with E-state index in [1.54, 1.807) is 12.4 Å². The van der Waals surface area contributed by atoms with E-state index in [1.807, 2.05) is 19.2 Å². The van der Waals surface area contributed by atoms with E-state index in [1.165, 1.54) is 5.56 Å². The molecule has 1 aliphatic rings. The first-order chi connectivity index (χ1) is 10.3. The number of aromatic nitrogens is 3. The van der Waals surface area contributed by atoms with Crippen molar-refractivity contribution < 1.29 is 0 Å². The summed E-state index contributed by atoms with van der Waals surface area (Å²) in [5, 5.41) is 3.62. The maximum Gasteiger partial charge on any atom is 0.225 e. The first kappa shape index (κ1) is 13.9. The highest BCUT2D eigenvalue weighted by atomic mass is 15.3. The summed E-state index contributed by atoms with van der Waals surface area (Å²) in [6, 6.07) is 6.62. The molecule has 21 heavy (non-hydrogen) atoms. The smallest absolute Gasteiger partial charge is 0.225 e. The minimum Gasteiger partial charge on any atom is -0.341 e. The Morgan fingerprint density at radius 2 is 1.90 bits per heavy atom. The first-order valence-corrected chi connectivity index (χ1v) is 7.48. The number of hydrogen-bond acceptors (Lipinski definition) is 5. The van der Waals surface area contributed by atoms with Crippen LogP contribution in [0.5, 0.6) is 0 Å². The summed E-state index contributed by atoms with van der Waals surface area (Å²) in [6.07, 6.45) is 7.80. The lowest BCUT2D eigenvalue weighted by Crippen LogP contribution is -2.42. The van der Waals surface area contributed by atoms with Crippen LogP contribution < -0.4 is 10.2 Å². The number of piperidine rings is 1. The van der Waals surface area contributed by atoms with Crippen molar-refractivity contribution >= 4 is 5.95 Å². The highest BCUT2D eigenvalue weighted by Gasteiger charge is 2.20. The summed E-state index contributed by atoms with van der Waals surface area (Å²) < 4.78 is 0. The average Bonchev–Trinajstić information content (AvgIpc) is 2.56. The number of pyridine rings is 1. The van der Waals surface area contributed by atoms with Gasteiger partial charge in [0.25, 0.3) is 0 Å². The lowest BCUT2D eigenvalue weighted by Gasteiger charge is -2.32. The third-order valence-electron chi connectivity index (χ3n) is 3.90. The van der Waals surface area contributed by atoms with E-state index >= 15 is 0 Å². The molecule has 0 bridgehead atoms. The van der Waals surface area contributed by atoms with Crippen LogP contribution in [0.2, 0.25) is 0 Å². The van der Waals surface area contributed by atoms with Gasteiger partial charge >= 0.3 is 0 Å². The highest BCUT2D eigenvalue weighted by Crippen LogP contribution is 2.15. The second kappa shape index (κ2) is 6.63. The van der Waals surface area contributed by atoms with Crippen molar-refractivity contribution in [2.45, 2.75) is 32.4 Å². The predicted molar refractivity (Wildman–Crippen MR) is 83.1 cm³/mol. The molecule has 1 aliphatic heterocycles. The molecule has 0 atom stereocenters. The van der Waals surface area contributed by atoms with Crippen molar-refractivity contribution in [3.63, 3.8) is 0 Å². The van der Waals surface area contributed by atoms with Crippen LogP contribution in [0.1, 0.15) is 24.1 Å². The summed E-state index contributed by atoms with van der Waals surface area (Å²) in [7, 11) is 0. The Morgan fingerprint density at radius 3 is 2.57 bits per heavy atom. The SMILES string of the molecule is Cc1ccc(CNC2CCN(c3ncccn3)CC2)cn1. The van der Waals surface area contributed by atoms with Crippen LogP contribution >= 0.6 is 0 Å². The van der Waals surface area contributed by atoms with Gasteiger partial charge in [0.2, 0.25) is 5.95 Å². The molecule has 0 saturated carbocycles. The molecule has 2 aromatic heterocycles. The summed E-state index contributed by atoms with van der Waals surface area (Å²) in [5.74, 6) is 0.846. The molecule has 3 heterocycles. The zero-order valence-electron chi connectivity index (χ0n) is 12.4. The number of aryl methyl sites for hydroxylation is 1. The largest absolute Gasteiger partial charge is 0.341 e. The van der Waals surface area contributed by atoms with E-state index in [0.29, 0.717) is 6.04 Å². The fraction of sp³-hybridized carbons (Fsp3) is 0.438. The van der Waals surface area contributed by atoms with Crippen LogP contribution in [0.4, 0.5) is 5.95 Å². The van der Waals surface area contributed by atoms with Gasteiger partial charge in [-0.05, 0) is 37.5 Å². The molecule has 0 amide bonds. The Morgan fingerprint density at radius 1 is 1.14 bits per heavy atom. The lowest BCUT2D eigenvalue weighted by molar-refractivity contribution is 0.411. The summed E-state index contributed by atoms with van der Waals surface area (Å²) in [5.41, 5.74) is 2.31. The Balaban J connectivity index is 1.47. The molecule has 0 radical (unpaired) electrons. The molecule has 1 fully saturated rings. The maximum absolute atomic E-state index is 4.33. The molecule has 0 unspecified atom stereocenters. The van der Waals surface area contributed by atoms with Gasteiger partial charge in [-0.3, -0.25) is 4.98 Å². The van der Waals surface area contributed by atoms with Crippen molar-refractivity contribution in [2.24, 2.45) is 0 Å². The van der Waals surface area contributed by atoms with Crippen molar-refractivity contribution in [1.29, 1.82) is 0 Å². The summed E-state index contributed by atoms with van der Waals surface area (Å²) in [4.78, 5) is 15.2. The molecule has 0 spiro atoms.